The predicted octanol–water partition coefficient (Wildman–Crippen LogP) is 4.85. The molecule has 2 rings (SSSR count). The van der Waals surface area contributed by atoms with Crippen molar-refractivity contribution < 1.29 is 13.9 Å². The molecule has 0 radical (unpaired) electrons. The molecule has 0 heterocycles. The zero-order chi connectivity index (χ0) is 16.3. The van der Waals surface area contributed by atoms with Gasteiger partial charge in [0.25, 0.3) is 5.91 Å². The van der Waals surface area contributed by atoms with Gasteiger partial charge in [-0.05, 0) is 43.7 Å². The summed E-state index contributed by atoms with van der Waals surface area (Å²) in [7, 11) is 0. The lowest BCUT2D eigenvalue weighted by Gasteiger charge is -2.17. The molecular weight excluding hydrogens is 328 g/mol. The second-order valence-electron chi connectivity index (χ2n) is 4.71. The maximum Gasteiger partial charge on any atom is 0.265 e. The minimum Gasteiger partial charge on any atom is -0.479 e. The van der Waals surface area contributed by atoms with E-state index in [4.69, 9.17) is 27.9 Å². The van der Waals surface area contributed by atoms with Crippen LogP contribution in [0.1, 0.15) is 12.5 Å². The van der Waals surface area contributed by atoms with E-state index in [1.54, 1.807) is 38.1 Å². The third-order valence-electron chi connectivity index (χ3n) is 3.09. The molecule has 1 amide bonds. The first-order chi connectivity index (χ1) is 10.4. The summed E-state index contributed by atoms with van der Waals surface area (Å²) in [5.41, 5.74) is 0.767. The molecule has 0 aliphatic heterocycles. The lowest BCUT2D eigenvalue weighted by molar-refractivity contribution is -0.122. The number of carbonyl (C=O) groups excluding carboxylic acids is 1. The third kappa shape index (κ3) is 3.70. The molecule has 0 aromatic heterocycles. The largest absolute Gasteiger partial charge is 0.479 e. The summed E-state index contributed by atoms with van der Waals surface area (Å²) >= 11 is 12.1. The number of halogens is 3. The topological polar surface area (TPSA) is 38.3 Å². The fourth-order valence-electron chi connectivity index (χ4n) is 1.77. The van der Waals surface area contributed by atoms with Gasteiger partial charge in [-0.25, -0.2) is 4.39 Å². The van der Waals surface area contributed by atoms with Crippen molar-refractivity contribution in [1.82, 2.24) is 0 Å². The van der Waals surface area contributed by atoms with Crippen LogP contribution in [0.15, 0.2) is 36.4 Å². The Hall–Kier alpha value is -1.78. The molecule has 0 spiro atoms. The van der Waals surface area contributed by atoms with Crippen LogP contribution < -0.4 is 10.1 Å². The highest BCUT2D eigenvalue weighted by Crippen LogP contribution is 2.33. The van der Waals surface area contributed by atoms with Crippen LogP contribution in [0.25, 0.3) is 0 Å². The molecule has 0 fully saturated rings. The first-order valence-electron chi connectivity index (χ1n) is 6.56. The number of carbonyl (C=O) groups is 1. The SMILES string of the molecule is Cc1c(Cl)ccc(OC(C)C(=O)Nc2ccccc2F)c1Cl. The summed E-state index contributed by atoms with van der Waals surface area (Å²) in [5.74, 6) is -0.642. The van der Waals surface area contributed by atoms with Crippen molar-refractivity contribution in [1.29, 1.82) is 0 Å². The zero-order valence-corrected chi connectivity index (χ0v) is 13.5. The summed E-state index contributed by atoms with van der Waals surface area (Å²) in [6.45, 7) is 3.30. The molecule has 0 aliphatic carbocycles. The normalized spacial score (nSPS) is 11.9. The van der Waals surface area contributed by atoms with Crippen molar-refractivity contribution in [3.05, 3.63) is 57.8 Å². The summed E-state index contributed by atoms with van der Waals surface area (Å²) in [6.07, 6.45) is -0.849. The van der Waals surface area contributed by atoms with E-state index in [1.807, 2.05) is 0 Å². The Labute approximate surface area is 138 Å². The van der Waals surface area contributed by atoms with Crippen LogP contribution in [-0.2, 0) is 4.79 Å². The molecule has 2 aromatic rings. The Morgan fingerprint density at radius 3 is 2.59 bits per heavy atom. The van der Waals surface area contributed by atoms with E-state index in [9.17, 15) is 9.18 Å². The highest BCUT2D eigenvalue weighted by Gasteiger charge is 2.18. The van der Waals surface area contributed by atoms with Gasteiger partial charge in [0.15, 0.2) is 6.10 Å². The maximum atomic E-state index is 13.5. The number of hydrogen-bond acceptors (Lipinski definition) is 2. The van der Waals surface area contributed by atoms with Crippen LogP contribution in [-0.4, -0.2) is 12.0 Å². The average molecular weight is 342 g/mol. The second kappa shape index (κ2) is 6.99. The quantitative estimate of drug-likeness (QED) is 0.863. The number of para-hydroxylation sites is 1. The molecule has 3 nitrogen and oxygen atoms in total. The monoisotopic (exact) mass is 341 g/mol. The first-order valence-corrected chi connectivity index (χ1v) is 7.32. The second-order valence-corrected chi connectivity index (χ2v) is 5.50. The molecule has 0 saturated heterocycles. The molecule has 0 bridgehead atoms. The molecule has 22 heavy (non-hydrogen) atoms. The molecule has 0 saturated carbocycles. The van der Waals surface area contributed by atoms with Crippen molar-refractivity contribution in [2.75, 3.05) is 5.32 Å². The van der Waals surface area contributed by atoms with Gasteiger partial charge >= 0.3 is 0 Å². The van der Waals surface area contributed by atoms with Gasteiger partial charge in [0, 0.05) is 5.02 Å². The lowest BCUT2D eigenvalue weighted by Crippen LogP contribution is -2.30. The summed E-state index contributed by atoms with van der Waals surface area (Å²) in [6, 6.07) is 9.13. The van der Waals surface area contributed by atoms with Gasteiger partial charge in [-0.15, -0.1) is 0 Å². The van der Waals surface area contributed by atoms with E-state index < -0.39 is 17.8 Å². The number of nitrogens with one attached hydrogen (secondary N) is 1. The fourth-order valence-corrected chi connectivity index (χ4v) is 2.18. The van der Waals surface area contributed by atoms with Gasteiger partial charge in [0.05, 0.1) is 10.7 Å². The molecule has 1 N–H and O–H groups in total. The molecule has 116 valence electrons. The lowest BCUT2D eigenvalue weighted by atomic mass is 10.2. The molecule has 0 aliphatic rings. The number of hydrogen-bond donors (Lipinski definition) is 1. The van der Waals surface area contributed by atoms with Gasteiger partial charge in [0.1, 0.15) is 11.6 Å². The summed E-state index contributed by atoms with van der Waals surface area (Å²) in [5, 5.41) is 3.33. The van der Waals surface area contributed by atoms with E-state index in [0.29, 0.717) is 21.4 Å². The Morgan fingerprint density at radius 2 is 1.91 bits per heavy atom. The van der Waals surface area contributed by atoms with Crippen LogP contribution in [0, 0.1) is 12.7 Å². The van der Waals surface area contributed by atoms with Gasteiger partial charge in [0.2, 0.25) is 0 Å². The fraction of sp³-hybridized carbons (Fsp3) is 0.188. The Bertz CT molecular complexity index is 707. The van der Waals surface area contributed by atoms with Crippen molar-refractivity contribution >= 4 is 34.8 Å². The smallest absolute Gasteiger partial charge is 0.265 e. The Balaban J connectivity index is 2.09. The van der Waals surface area contributed by atoms with E-state index in [-0.39, 0.29) is 5.69 Å². The zero-order valence-electron chi connectivity index (χ0n) is 12.0. The maximum absolute atomic E-state index is 13.5. The molecule has 1 atom stereocenters. The van der Waals surface area contributed by atoms with Gasteiger partial charge in [-0.2, -0.15) is 0 Å². The average Bonchev–Trinajstić information content (AvgIpc) is 2.50. The summed E-state index contributed by atoms with van der Waals surface area (Å²) in [4.78, 5) is 12.1. The first kappa shape index (κ1) is 16.6. The number of benzene rings is 2. The molecule has 2 aromatic carbocycles. The van der Waals surface area contributed by atoms with E-state index in [2.05, 4.69) is 5.32 Å². The van der Waals surface area contributed by atoms with Crippen LogP contribution >= 0.6 is 23.2 Å². The Morgan fingerprint density at radius 1 is 1.23 bits per heavy atom. The minimum atomic E-state index is -0.849. The van der Waals surface area contributed by atoms with Crippen LogP contribution in [0.4, 0.5) is 10.1 Å². The van der Waals surface area contributed by atoms with E-state index >= 15 is 0 Å². The van der Waals surface area contributed by atoms with Crippen LogP contribution in [0.5, 0.6) is 5.75 Å². The van der Waals surface area contributed by atoms with Crippen molar-refractivity contribution in [2.24, 2.45) is 0 Å². The predicted molar refractivity (Wildman–Crippen MR) is 86.3 cm³/mol. The summed E-state index contributed by atoms with van der Waals surface area (Å²) < 4.78 is 19.0. The van der Waals surface area contributed by atoms with E-state index in [0.717, 1.165) is 0 Å². The number of rotatable bonds is 4. The Kier molecular flexibility index (Phi) is 5.27. The standard InChI is InChI=1S/C16H14Cl2FNO2/c1-9-11(17)7-8-14(15(9)18)22-10(2)16(21)20-13-6-4-3-5-12(13)19/h3-8,10H,1-2H3,(H,20,21). The molecule has 1 unspecified atom stereocenters. The molecular formula is C16H14Cl2FNO2. The number of amides is 1. The van der Waals surface area contributed by atoms with Crippen LogP contribution in [0.3, 0.4) is 0 Å². The third-order valence-corrected chi connectivity index (χ3v) is 3.97. The van der Waals surface area contributed by atoms with E-state index in [1.165, 1.54) is 12.1 Å². The minimum absolute atomic E-state index is 0.0985. The van der Waals surface area contributed by atoms with Gasteiger partial charge in [-0.1, -0.05) is 35.3 Å². The van der Waals surface area contributed by atoms with Crippen molar-refractivity contribution in [3.8, 4) is 5.75 Å². The van der Waals surface area contributed by atoms with Gasteiger partial charge in [-0.3, -0.25) is 4.79 Å². The van der Waals surface area contributed by atoms with Gasteiger partial charge < -0.3 is 10.1 Å². The van der Waals surface area contributed by atoms with Crippen molar-refractivity contribution in [2.45, 2.75) is 20.0 Å². The number of anilines is 1. The highest BCUT2D eigenvalue weighted by molar-refractivity contribution is 6.36. The highest BCUT2D eigenvalue weighted by atomic mass is 35.5. The molecule has 6 heteroatoms. The van der Waals surface area contributed by atoms with Crippen molar-refractivity contribution in [3.63, 3.8) is 0 Å². The number of ether oxygens (including phenoxy) is 1. The van der Waals surface area contributed by atoms with Crippen LogP contribution in [0.2, 0.25) is 10.0 Å².